The van der Waals surface area contributed by atoms with E-state index in [2.05, 4.69) is 29.4 Å². The highest BCUT2D eigenvalue weighted by molar-refractivity contribution is 6.08. The Morgan fingerprint density at radius 2 is 1.52 bits per heavy atom. The van der Waals surface area contributed by atoms with Crippen LogP contribution in [-0.4, -0.2) is 64.4 Å². The number of anilines is 2. The molecule has 2 aromatic heterocycles. The number of hydrogen-bond acceptors (Lipinski definition) is 5. The molecule has 2 amide bonds. The van der Waals surface area contributed by atoms with Gasteiger partial charge in [0.25, 0.3) is 5.91 Å². The van der Waals surface area contributed by atoms with E-state index < -0.39 is 0 Å². The molecule has 9 nitrogen and oxygen atoms in total. The first kappa shape index (κ1) is 27.8. The van der Waals surface area contributed by atoms with Gasteiger partial charge in [-0.05, 0) is 93.0 Å². The standard InChI is InChI=1S/C33H38N6O3/c1-4-35(5-2)23-27-9-8-21-37(27)32-29-19-22-38(25-13-11-24(12-14-25)36-20-7-6-10-30(36)40)33(41)31(29)39(34-32)26-15-17-28(42-3)18-16-26/h8-9,11-18,21H,4-7,10,19-20,22-23H2,1-3H3. The second-order valence-corrected chi connectivity index (χ2v) is 10.8. The minimum atomic E-state index is -0.0925. The summed E-state index contributed by atoms with van der Waals surface area (Å²) in [4.78, 5) is 32.7. The molecule has 6 rings (SSSR count). The third kappa shape index (κ3) is 5.09. The summed E-state index contributed by atoms with van der Waals surface area (Å²) in [6.45, 7) is 8.33. The molecule has 0 aliphatic carbocycles. The largest absolute Gasteiger partial charge is 0.497 e. The van der Waals surface area contributed by atoms with Gasteiger partial charge in [0.15, 0.2) is 5.82 Å². The Labute approximate surface area is 246 Å². The minimum Gasteiger partial charge on any atom is -0.497 e. The van der Waals surface area contributed by atoms with Crippen LogP contribution in [0, 0.1) is 0 Å². The summed E-state index contributed by atoms with van der Waals surface area (Å²) in [5.74, 6) is 1.60. The zero-order valence-corrected chi connectivity index (χ0v) is 24.6. The van der Waals surface area contributed by atoms with E-state index in [4.69, 9.17) is 9.84 Å². The highest BCUT2D eigenvalue weighted by Gasteiger charge is 2.34. The first-order valence-corrected chi connectivity index (χ1v) is 14.9. The van der Waals surface area contributed by atoms with E-state index in [1.165, 1.54) is 0 Å². The number of hydrogen-bond donors (Lipinski definition) is 0. The highest BCUT2D eigenvalue weighted by atomic mass is 16.5. The van der Waals surface area contributed by atoms with E-state index in [-0.39, 0.29) is 11.8 Å². The van der Waals surface area contributed by atoms with Crippen LogP contribution in [0.5, 0.6) is 5.75 Å². The number of nitrogens with zero attached hydrogens (tertiary/aromatic N) is 6. The van der Waals surface area contributed by atoms with Gasteiger partial charge in [0.2, 0.25) is 5.91 Å². The highest BCUT2D eigenvalue weighted by Crippen LogP contribution is 2.33. The molecule has 2 aromatic carbocycles. The summed E-state index contributed by atoms with van der Waals surface area (Å²) in [6.07, 6.45) is 5.25. The van der Waals surface area contributed by atoms with E-state index in [1.54, 1.807) is 11.8 Å². The molecule has 0 saturated carbocycles. The van der Waals surface area contributed by atoms with Crippen LogP contribution in [0.3, 0.4) is 0 Å². The number of piperidine rings is 1. The molecule has 4 heterocycles. The van der Waals surface area contributed by atoms with Crippen molar-refractivity contribution in [2.45, 2.75) is 46.1 Å². The van der Waals surface area contributed by atoms with Crippen LogP contribution >= 0.6 is 0 Å². The lowest BCUT2D eigenvalue weighted by Gasteiger charge is -2.30. The van der Waals surface area contributed by atoms with Crippen LogP contribution in [0.4, 0.5) is 11.4 Å². The number of amides is 2. The molecule has 42 heavy (non-hydrogen) atoms. The van der Waals surface area contributed by atoms with Crippen LogP contribution in [-0.2, 0) is 17.8 Å². The van der Waals surface area contributed by atoms with Crippen LogP contribution in [0.1, 0.15) is 54.9 Å². The fourth-order valence-corrected chi connectivity index (χ4v) is 6.01. The molecule has 4 aromatic rings. The summed E-state index contributed by atoms with van der Waals surface area (Å²) >= 11 is 0. The van der Waals surface area contributed by atoms with Crippen molar-refractivity contribution in [3.8, 4) is 17.3 Å². The lowest BCUT2D eigenvalue weighted by Crippen LogP contribution is -2.39. The van der Waals surface area contributed by atoms with Crippen molar-refractivity contribution in [1.82, 2.24) is 19.2 Å². The van der Waals surface area contributed by atoms with Gasteiger partial charge in [0.05, 0.1) is 12.8 Å². The third-order valence-electron chi connectivity index (χ3n) is 8.45. The number of benzene rings is 2. The van der Waals surface area contributed by atoms with E-state index in [0.717, 1.165) is 78.9 Å². The van der Waals surface area contributed by atoms with Crippen LogP contribution in [0.15, 0.2) is 66.9 Å². The fraction of sp³-hybridized carbons (Fsp3) is 0.364. The zero-order chi connectivity index (χ0) is 29.2. The monoisotopic (exact) mass is 566 g/mol. The van der Waals surface area contributed by atoms with Gasteiger partial charge in [-0.3, -0.25) is 14.5 Å². The number of carbonyl (C=O) groups is 2. The van der Waals surface area contributed by atoms with Crippen molar-refractivity contribution in [3.63, 3.8) is 0 Å². The van der Waals surface area contributed by atoms with Crippen molar-refractivity contribution in [3.05, 3.63) is 83.8 Å². The topological polar surface area (TPSA) is 75.8 Å². The first-order valence-electron chi connectivity index (χ1n) is 14.9. The fourth-order valence-electron chi connectivity index (χ4n) is 6.01. The Kier molecular flexibility index (Phi) is 7.84. The molecule has 2 aliphatic rings. The molecule has 1 saturated heterocycles. The van der Waals surface area contributed by atoms with Gasteiger partial charge in [0, 0.05) is 54.9 Å². The predicted octanol–water partition coefficient (Wildman–Crippen LogP) is 5.23. The Hall–Kier alpha value is -4.37. The van der Waals surface area contributed by atoms with Crippen molar-refractivity contribution in [2.75, 3.05) is 43.1 Å². The predicted molar refractivity (Wildman–Crippen MR) is 164 cm³/mol. The van der Waals surface area contributed by atoms with Crippen molar-refractivity contribution in [2.24, 2.45) is 0 Å². The van der Waals surface area contributed by atoms with Crippen LogP contribution in [0.2, 0.25) is 0 Å². The van der Waals surface area contributed by atoms with Gasteiger partial charge < -0.3 is 19.1 Å². The van der Waals surface area contributed by atoms with Gasteiger partial charge in [-0.2, -0.15) is 0 Å². The maximum atomic E-state index is 14.3. The molecular formula is C33H38N6O3. The normalized spacial score (nSPS) is 15.4. The number of rotatable bonds is 9. The lowest BCUT2D eigenvalue weighted by atomic mass is 10.0. The maximum absolute atomic E-state index is 14.3. The zero-order valence-electron chi connectivity index (χ0n) is 24.6. The van der Waals surface area contributed by atoms with E-state index in [9.17, 15) is 9.59 Å². The van der Waals surface area contributed by atoms with E-state index in [0.29, 0.717) is 25.1 Å². The quantitative estimate of drug-likeness (QED) is 0.277. The molecular weight excluding hydrogens is 528 g/mol. The average Bonchev–Trinajstić information content (AvgIpc) is 3.65. The molecule has 0 bridgehead atoms. The van der Waals surface area contributed by atoms with Crippen LogP contribution < -0.4 is 14.5 Å². The van der Waals surface area contributed by atoms with Crippen molar-refractivity contribution < 1.29 is 14.3 Å². The summed E-state index contributed by atoms with van der Waals surface area (Å²) in [7, 11) is 1.64. The SMILES string of the molecule is CCN(CC)Cc1cccn1-c1nn(-c2ccc(OC)cc2)c2c1CCN(c1ccc(N3CCCCC3=O)cc1)C2=O. The number of fused-ring (bicyclic) bond motifs is 1. The molecule has 0 unspecified atom stereocenters. The molecule has 218 valence electrons. The number of carbonyl (C=O) groups excluding carboxylic acids is 2. The summed E-state index contributed by atoms with van der Waals surface area (Å²) in [5.41, 5.74) is 5.14. The summed E-state index contributed by atoms with van der Waals surface area (Å²) < 4.78 is 9.28. The van der Waals surface area contributed by atoms with Gasteiger partial charge in [0.1, 0.15) is 11.4 Å². The van der Waals surface area contributed by atoms with E-state index >= 15 is 0 Å². The van der Waals surface area contributed by atoms with Gasteiger partial charge in [-0.15, -0.1) is 5.10 Å². The van der Waals surface area contributed by atoms with E-state index in [1.807, 2.05) is 70.6 Å². The van der Waals surface area contributed by atoms with Gasteiger partial charge in [-0.25, -0.2) is 4.68 Å². The number of methoxy groups -OCH3 is 1. The smallest absolute Gasteiger partial charge is 0.277 e. The molecule has 9 heteroatoms. The summed E-state index contributed by atoms with van der Waals surface area (Å²) in [5, 5.41) is 5.07. The molecule has 2 aliphatic heterocycles. The lowest BCUT2D eigenvalue weighted by molar-refractivity contribution is -0.119. The number of aromatic nitrogens is 3. The molecule has 0 N–H and O–H groups in total. The first-order chi connectivity index (χ1) is 20.5. The Morgan fingerprint density at radius 1 is 0.833 bits per heavy atom. The van der Waals surface area contributed by atoms with Crippen molar-refractivity contribution >= 4 is 23.2 Å². The average molecular weight is 567 g/mol. The van der Waals surface area contributed by atoms with Gasteiger partial charge in [-0.1, -0.05) is 13.8 Å². The maximum Gasteiger partial charge on any atom is 0.277 e. The molecule has 0 atom stereocenters. The summed E-state index contributed by atoms with van der Waals surface area (Å²) in [6, 6.07) is 19.6. The van der Waals surface area contributed by atoms with Crippen molar-refractivity contribution in [1.29, 1.82) is 0 Å². The molecule has 0 spiro atoms. The van der Waals surface area contributed by atoms with Gasteiger partial charge >= 0.3 is 0 Å². The Bertz CT molecular complexity index is 1570. The minimum absolute atomic E-state index is 0.0925. The second-order valence-electron chi connectivity index (χ2n) is 10.8. The third-order valence-corrected chi connectivity index (χ3v) is 8.45. The van der Waals surface area contributed by atoms with Crippen LogP contribution in [0.25, 0.3) is 11.5 Å². The molecule has 1 fully saturated rings. The Balaban J connectivity index is 1.38. The molecule has 0 radical (unpaired) electrons. The second kappa shape index (κ2) is 11.9. The Morgan fingerprint density at radius 3 is 2.19 bits per heavy atom. The number of ether oxygens (including phenoxy) is 1.